The molecule has 1 aromatic carbocycles. The maximum Gasteiger partial charge on any atom is 0.399 e. The summed E-state index contributed by atoms with van der Waals surface area (Å²) in [5.74, 6) is -0.905. The van der Waals surface area contributed by atoms with Crippen molar-refractivity contribution in [2.75, 3.05) is 19.6 Å². The summed E-state index contributed by atoms with van der Waals surface area (Å²) in [7, 11) is -5.75. The molecule has 2 aliphatic heterocycles. The molecule has 0 bridgehead atoms. The maximum absolute atomic E-state index is 14.3. The van der Waals surface area contributed by atoms with Gasteiger partial charge in [0.1, 0.15) is 12.1 Å². The second-order valence-electron chi connectivity index (χ2n) is 13.8. The summed E-state index contributed by atoms with van der Waals surface area (Å²) in [4.78, 5) is 63.2. The highest BCUT2D eigenvalue weighted by atomic mass is 32.1. The first kappa shape index (κ1) is 33.0. The molecule has 0 unspecified atom stereocenters. The molecule has 5 rings (SSSR count). The lowest BCUT2D eigenvalue weighted by Crippen LogP contribution is -2.57. The number of benzene rings is 1. The number of alkyl halides is 2. The minimum Gasteiger partial charge on any atom is -0.340 e. The van der Waals surface area contributed by atoms with Gasteiger partial charge in [0, 0.05) is 29.9 Å². The highest BCUT2D eigenvalue weighted by Crippen LogP contribution is 2.59. The van der Waals surface area contributed by atoms with Crippen LogP contribution in [0.1, 0.15) is 93.8 Å². The highest BCUT2D eigenvalue weighted by molar-refractivity contribution is 7.52. The summed E-state index contributed by atoms with van der Waals surface area (Å²) >= 11 is 1.03. The number of fused-ring (bicyclic) bond motifs is 1. The second-order valence-corrected chi connectivity index (χ2v) is 16.6. The van der Waals surface area contributed by atoms with Gasteiger partial charge in [-0.2, -0.15) is 8.78 Å². The molecule has 2 atom stereocenters. The summed E-state index contributed by atoms with van der Waals surface area (Å²) in [6, 6.07) is 3.05. The van der Waals surface area contributed by atoms with Gasteiger partial charge in [0.25, 0.3) is 5.91 Å². The molecule has 1 spiro atoms. The lowest BCUT2D eigenvalue weighted by Gasteiger charge is -2.36. The van der Waals surface area contributed by atoms with E-state index in [-0.39, 0.29) is 27.5 Å². The van der Waals surface area contributed by atoms with Crippen LogP contribution >= 0.6 is 18.9 Å². The Hall–Kier alpha value is -2.40. The van der Waals surface area contributed by atoms with Gasteiger partial charge in [-0.3, -0.25) is 18.9 Å². The van der Waals surface area contributed by atoms with Crippen molar-refractivity contribution >= 4 is 46.7 Å². The molecule has 242 valence electrons. The topological polar surface area (TPSA) is 127 Å². The summed E-state index contributed by atoms with van der Waals surface area (Å²) < 4.78 is 40.4. The van der Waals surface area contributed by atoms with E-state index in [4.69, 9.17) is 9.79 Å². The molecule has 44 heavy (non-hydrogen) atoms. The smallest absolute Gasteiger partial charge is 0.340 e. The molecule has 1 aliphatic carbocycles. The number of carbonyl (C=O) groups excluding carboxylic acids is 3. The average Bonchev–Trinajstić information content (AvgIpc) is 3.66. The average molecular weight is 654 g/mol. The third-order valence-electron chi connectivity index (χ3n) is 9.58. The fourth-order valence-corrected chi connectivity index (χ4v) is 8.46. The van der Waals surface area contributed by atoms with Gasteiger partial charge in [0.15, 0.2) is 0 Å². The van der Waals surface area contributed by atoms with Crippen LogP contribution in [0.15, 0.2) is 24.3 Å². The third kappa shape index (κ3) is 6.46. The zero-order valence-electron chi connectivity index (χ0n) is 25.5. The van der Waals surface area contributed by atoms with Gasteiger partial charge < -0.3 is 24.9 Å². The van der Waals surface area contributed by atoms with E-state index in [1.165, 1.54) is 37.8 Å². The van der Waals surface area contributed by atoms with Crippen molar-refractivity contribution in [3.63, 3.8) is 0 Å². The number of amides is 3. The van der Waals surface area contributed by atoms with Gasteiger partial charge in [0.2, 0.25) is 11.8 Å². The van der Waals surface area contributed by atoms with Crippen molar-refractivity contribution in [1.82, 2.24) is 15.1 Å². The monoisotopic (exact) mass is 653 g/mol. The number of hydrogen-bond donors (Lipinski definition) is 3. The Kier molecular flexibility index (Phi) is 9.05. The van der Waals surface area contributed by atoms with Crippen molar-refractivity contribution in [1.29, 1.82) is 0 Å². The highest BCUT2D eigenvalue weighted by Gasteiger charge is 2.50. The lowest BCUT2D eigenvalue weighted by molar-refractivity contribution is -0.145. The maximum atomic E-state index is 14.3. The van der Waals surface area contributed by atoms with Gasteiger partial charge in [0.05, 0.1) is 4.88 Å². The number of carbonyl (C=O) groups is 3. The molecular formula is C31H42F2N3O6PS. The van der Waals surface area contributed by atoms with E-state index >= 15 is 0 Å². The summed E-state index contributed by atoms with van der Waals surface area (Å²) in [5.41, 5.74) is -5.72. The van der Waals surface area contributed by atoms with Gasteiger partial charge in [-0.15, -0.1) is 11.3 Å². The molecule has 2 aromatic rings. The number of hydrogen-bond acceptors (Lipinski definition) is 5. The quantitative estimate of drug-likeness (QED) is 0.337. The molecule has 3 aliphatic rings. The van der Waals surface area contributed by atoms with Gasteiger partial charge in [-0.1, -0.05) is 52.5 Å². The molecule has 2 saturated heterocycles. The van der Waals surface area contributed by atoms with E-state index in [2.05, 4.69) is 5.32 Å². The van der Waals surface area contributed by atoms with Crippen LogP contribution in [0.4, 0.5) is 8.78 Å². The Bertz CT molecular complexity index is 1480. The Labute approximate surface area is 260 Å². The summed E-state index contributed by atoms with van der Waals surface area (Å²) in [5, 5.41) is 3.07. The van der Waals surface area contributed by atoms with Crippen molar-refractivity contribution in [3.8, 4) is 0 Å². The SMILES string of the molecule is CC(C)(C)[C@H](NC(=O)c1cc2cc(C(F)(F)P(=O)(O)O)ccc2s1)C(=O)N1CCC[C@H]1C(=O)N1CCC2(CCCCCC2)C1. The van der Waals surface area contributed by atoms with Crippen LogP contribution in [0.5, 0.6) is 0 Å². The minimum atomic E-state index is -5.75. The van der Waals surface area contributed by atoms with Gasteiger partial charge in [-0.05, 0) is 66.5 Å². The molecule has 1 saturated carbocycles. The van der Waals surface area contributed by atoms with Crippen LogP contribution in [0.2, 0.25) is 0 Å². The van der Waals surface area contributed by atoms with Crippen LogP contribution < -0.4 is 5.32 Å². The number of likely N-dealkylation sites (tertiary alicyclic amines) is 2. The Morgan fingerprint density at radius 3 is 2.34 bits per heavy atom. The minimum absolute atomic E-state index is 0.0108. The largest absolute Gasteiger partial charge is 0.399 e. The fraction of sp³-hybridized carbons (Fsp3) is 0.645. The van der Waals surface area contributed by atoms with E-state index in [1.807, 2.05) is 25.7 Å². The lowest BCUT2D eigenvalue weighted by atomic mass is 9.80. The molecule has 9 nitrogen and oxygen atoms in total. The first-order valence-corrected chi connectivity index (χ1v) is 17.8. The number of rotatable bonds is 6. The molecule has 3 heterocycles. The van der Waals surface area contributed by atoms with Crippen LogP contribution in [0.25, 0.3) is 10.1 Å². The molecule has 1 aromatic heterocycles. The van der Waals surface area contributed by atoms with Crippen molar-refractivity contribution < 1.29 is 37.5 Å². The Morgan fingerprint density at radius 2 is 1.70 bits per heavy atom. The molecule has 3 N–H and O–H groups in total. The van der Waals surface area contributed by atoms with E-state index in [1.54, 1.807) is 4.90 Å². The van der Waals surface area contributed by atoms with Crippen molar-refractivity contribution in [2.24, 2.45) is 10.8 Å². The molecule has 0 radical (unpaired) electrons. The standard InChI is InChI=1S/C31H42F2N3O6PS/c1-29(2,3)25(34-26(37)24-18-20-17-21(10-11-23(20)44-24)31(32,33)43(40,41)42)28(39)36-15-8-9-22(36)27(38)35-16-14-30(19-35)12-6-4-5-7-13-30/h10-11,17-18,22,25H,4-9,12-16,19H2,1-3H3,(H,34,37)(H2,40,41,42)/t22-,25+/m0/s1. The number of halogens is 2. The van der Waals surface area contributed by atoms with Crippen LogP contribution in [-0.4, -0.2) is 69.0 Å². The summed E-state index contributed by atoms with van der Waals surface area (Å²) in [6.45, 7) is 7.39. The predicted octanol–water partition coefficient (Wildman–Crippen LogP) is 5.84. The first-order valence-electron chi connectivity index (χ1n) is 15.4. The zero-order chi connectivity index (χ0) is 32.1. The zero-order valence-corrected chi connectivity index (χ0v) is 27.2. The van der Waals surface area contributed by atoms with E-state index < -0.39 is 42.2 Å². The van der Waals surface area contributed by atoms with Crippen LogP contribution in [0, 0.1) is 10.8 Å². The number of nitrogens with one attached hydrogen (secondary N) is 1. The molecule has 3 amide bonds. The first-order chi connectivity index (χ1) is 20.5. The predicted molar refractivity (Wildman–Crippen MR) is 165 cm³/mol. The van der Waals surface area contributed by atoms with Crippen LogP contribution in [0.3, 0.4) is 0 Å². The van der Waals surface area contributed by atoms with E-state index in [0.29, 0.717) is 30.6 Å². The van der Waals surface area contributed by atoms with E-state index in [0.717, 1.165) is 49.3 Å². The Balaban J connectivity index is 1.32. The second kappa shape index (κ2) is 12.1. The van der Waals surface area contributed by atoms with Crippen molar-refractivity contribution in [3.05, 3.63) is 34.7 Å². The number of nitrogens with zero attached hydrogens (tertiary/aromatic N) is 2. The fourth-order valence-electron chi connectivity index (χ4n) is 7.04. The number of thiophene rings is 1. The molecule has 3 fully saturated rings. The van der Waals surface area contributed by atoms with Gasteiger partial charge in [-0.25, -0.2) is 0 Å². The van der Waals surface area contributed by atoms with Gasteiger partial charge >= 0.3 is 13.3 Å². The normalized spacial score (nSPS) is 21.9. The third-order valence-corrected chi connectivity index (χ3v) is 11.7. The molecular weight excluding hydrogens is 611 g/mol. The molecule has 13 heteroatoms. The Morgan fingerprint density at radius 1 is 1.02 bits per heavy atom. The summed E-state index contributed by atoms with van der Waals surface area (Å²) in [6.07, 6.45) is 9.47. The van der Waals surface area contributed by atoms with Crippen molar-refractivity contribution in [2.45, 2.75) is 96.3 Å². The van der Waals surface area contributed by atoms with Crippen LogP contribution in [-0.2, 0) is 19.8 Å². The van der Waals surface area contributed by atoms with E-state index in [9.17, 15) is 27.7 Å².